The van der Waals surface area contributed by atoms with E-state index in [9.17, 15) is 4.79 Å². The lowest BCUT2D eigenvalue weighted by Crippen LogP contribution is -2.24. The first-order valence-electron chi connectivity index (χ1n) is 8.13. The van der Waals surface area contributed by atoms with Gasteiger partial charge in [0, 0.05) is 18.7 Å². The van der Waals surface area contributed by atoms with Crippen LogP contribution in [0.2, 0.25) is 0 Å². The molecule has 2 N–H and O–H groups in total. The van der Waals surface area contributed by atoms with Crippen LogP contribution in [0.15, 0.2) is 36.7 Å². The Bertz CT molecular complexity index is 680. The van der Waals surface area contributed by atoms with Crippen LogP contribution in [-0.4, -0.2) is 21.9 Å². The van der Waals surface area contributed by atoms with Gasteiger partial charge in [0.2, 0.25) is 0 Å². The van der Waals surface area contributed by atoms with E-state index >= 15 is 0 Å². The number of carbonyl (C=O) groups is 1. The fourth-order valence-electron chi connectivity index (χ4n) is 2.93. The minimum Gasteiger partial charge on any atom is -0.367 e. The van der Waals surface area contributed by atoms with E-state index in [4.69, 9.17) is 0 Å². The first-order chi connectivity index (χ1) is 11.2. The molecule has 1 aliphatic carbocycles. The summed E-state index contributed by atoms with van der Waals surface area (Å²) in [6, 6.07) is 10.3. The van der Waals surface area contributed by atoms with Crippen LogP contribution in [0.1, 0.15) is 47.3 Å². The maximum absolute atomic E-state index is 12.3. The van der Waals surface area contributed by atoms with E-state index in [1.807, 2.05) is 25.1 Å². The van der Waals surface area contributed by atoms with Gasteiger partial charge in [0.25, 0.3) is 5.91 Å². The minimum absolute atomic E-state index is 0.177. The van der Waals surface area contributed by atoms with Crippen molar-refractivity contribution in [3.63, 3.8) is 0 Å². The van der Waals surface area contributed by atoms with Crippen molar-refractivity contribution in [2.45, 2.75) is 45.2 Å². The van der Waals surface area contributed by atoms with E-state index in [1.54, 1.807) is 6.07 Å². The molecule has 5 heteroatoms. The fraction of sp³-hybridized carbons (Fsp3) is 0.389. The van der Waals surface area contributed by atoms with Gasteiger partial charge in [0.1, 0.15) is 17.8 Å². The zero-order valence-electron chi connectivity index (χ0n) is 13.4. The van der Waals surface area contributed by atoms with E-state index in [2.05, 4.69) is 26.7 Å². The Hall–Kier alpha value is -2.43. The average Bonchev–Trinajstić information content (AvgIpc) is 3.06. The SMILES string of the molecule is Cc1cccc(CNC(=O)c2cc(NC3CCCC3)ncn2)c1. The monoisotopic (exact) mass is 310 g/mol. The van der Waals surface area contributed by atoms with Crippen LogP contribution >= 0.6 is 0 Å². The number of hydrogen-bond donors (Lipinski definition) is 2. The van der Waals surface area contributed by atoms with Crippen molar-refractivity contribution in [3.05, 3.63) is 53.5 Å². The molecule has 0 radical (unpaired) electrons. The summed E-state index contributed by atoms with van der Waals surface area (Å²) in [6.07, 6.45) is 6.29. The van der Waals surface area contributed by atoms with Gasteiger partial charge in [-0.1, -0.05) is 42.7 Å². The lowest BCUT2D eigenvalue weighted by Gasteiger charge is -2.12. The molecular formula is C18H22N4O. The van der Waals surface area contributed by atoms with Crippen molar-refractivity contribution in [1.82, 2.24) is 15.3 Å². The lowest BCUT2D eigenvalue weighted by atomic mass is 10.1. The predicted molar refractivity (Wildman–Crippen MR) is 90.3 cm³/mol. The smallest absolute Gasteiger partial charge is 0.270 e. The minimum atomic E-state index is -0.177. The molecule has 1 fully saturated rings. The number of rotatable bonds is 5. The number of amides is 1. The quantitative estimate of drug-likeness (QED) is 0.890. The Morgan fingerprint density at radius 1 is 1.22 bits per heavy atom. The summed E-state index contributed by atoms with van der Waals surface area (Å²) in [5, 5.41) is 6.29. The third kappa shape index (κ3) is 4.28. The zero-order valence-corrected chi connectivity index (χ0v) is 13.4. The van der Waals surface area contributed by atoms with Crippen LogP contribution in [0.25, 0.3) is 0 Å². The summed E-state index contributed by atoms with van der Waals surface area (Å²) in [5.41, 5.74) is 2.66. The van der Waals surface area contributed by atoms with Gasteiger partial charge in [-0.05, 0) is 25.3 Å². The second-order valence-electron chi connectivity index (χ2n) is 6.09. The Labute approximate surface area is 136 Å². The molecular weight excluding hydrogens is 288 g/mol. The standard InChI is InChI=1S/C18H22N4O/c1-13-5-4-6-14(9-13)11-19-18(23)16-10-17(21-12-20-16)22-15-7-2-3-8-15/h4-6,9-10,12,15H,2-3,7-8,11H2,1H3,(H,19,23)(H,20,21,22). The first kappa shape index (κ1) is 15.5. The molecule has 0 aliphatic heterocycles. The molecule has 1 aromatic carbocycles. The van der Waals surface area contributed by atoms with Crippen molar-refractivity contribution >= 4 is 11.7 Å². The normalized spacial score (nSPS) is 14.7. The van der Waals surface area contributed by atoms with Gasteiger partial charge < -0.3 is 10.6 Å². The van der Waals surface area contributed by atoms with Gasteiger partial charge in [-0.25, -0.2) is 9.97 Å². The highest BCUT2D eigenvalue weighted by atomic mass is 16.1. The van der Waals surface area contributed by atoms with Crippen molar-refractivity contribution in [3.8, 4) is 0 Å². The topological polar surface area (TPSA) is 66.9 Å². The Morgan fingerprint density at radius 3 is 2.83 bits per heavy atom. The van der Waals surface area contributed by atoms with Crippen LogP contribution in [0.3, 0.4) is 0 Å². The summed E-state index contributed by atoms with van der Waals surface area (Å²) in [6.45, 7) is 2.53. The predicted octanol–water partition coefficient (Wildman–Crippen LogP) is 3.07. The molecule has 23 heavy (non-hydrogen) atoms. The van der Waals surface area contributed by atoms with Gasteiger partial charge in [-0.15, -0.1) is 0 Å². The number of hydrogen-bond acceptors (Lipinski definition) is 4. The summed E-state index contributed by atoms with van der Waals surface area (Å²) in [4.78, 5) is 20.6. The number of benzene rings is 1. The number of nitrogens with zero attached hydrogens (tertiary/aromatic N) is 2. The van der Waals surface area contributed by atoms with Gasteiger partial charge in [0.15, 0.2) is 0 Å². The highest BCUT2D eigenvalue weighted by Gasteiger charge is 2.16. The molecule has 0 saturated heterocycles. The molecule has 3 rings (SSSR count). The third-order valence-corrected chi connectivity index (χ3v) is 4.14. The summed E-state index contributed by atoms with van der Waals surface area (Å²) in [7, 11) is 0. The van der Waals surface area contributed by atoms with E-state index in [1.165, 1.54) is 37.6 Å². The van der Waals surface area contributed by atoms with Crippen molar-refractivity contribution in [2.75, 3.05) is 5.32 Å². The van der Waals surface area contributed by atoms with Gasteiger partial charge in [-0.3, -0.25) is 4.79 Å². The molecule has 2 aromatic rings. The molecule has 0 unspecified atom stereocenters. The average molecular weight is 310 g/mol. The maximum atomic E-state index is 12.3. The first-order valence-corrected chi connectivity index (χ1v) is 8.13. The second kappa shape index (κ2) is 7.22. The molecule has 1 aliphatic rings. The molecule has 0 bridgehead atoms. The van der Waals surface area contributed by atoms with E-state index in [-0.39, 0.29) is 5.91 Å². The second-order valence-corrected chi connectivity index (χ2v) is 6.09. The number of aryl methyl sites for hydroxylation is 1. The van der Waals surface area contributed by atoms with E-state index in [0.29, 0.717) is 18.3 Å². The van der Waals surface area contributed by atoms with Crippen molar-refractivity contribution in [2.24, 2.45) is 0 Å². The van der Waals surface area contributed by atoms with Crippen molar-refractivity contribution < 1.29 is 4.79 Å². The van der Waals surface area contributed by atoms with E-state index < -0.39 is 0 Å². The fourth-order valence-corrected chi connectivity index (χ4v) is 2.93. The van der Waals surface area contributed by atoms with Crippen LogP contribution in [0.5, 0.6) is 0 Å². The summed E-state index contributed by atoms with van der Waals surface area (Å²) < 4.78 is 0. The van der Waals surface area contributed by atoms with Crippen LogP contribution in [0, 0.1) is 6.92 Å². The summed E-state index contributed by atoms with van der Waals surface area (Å²) >= 11 is 0. The van der Waals surface area contributed by atoms with Gasteiger partial charge in [-0.2, -0.15) is 0 Å². The molecule has 1 saturated carbocycles. The van der Waals surface area contributed by atoms with Crippen molar-refractivity contribution in [1.29, 1.82) is 0 Å². The number of anilines is 1. The maximum Gasteiger partial charge on any atom is 0.270 e. The number of nitrogens with one attached hydrogen (secondary N) is 2. The van der Waals surface area contributed by atoms with E-state index in [0.717, 1.165) is 11.4 Å². The molecule has 0 spiro atoms. The highest BCUT2D eigenvalue weighted by Crippen LogP contribution is 2.21. The zero-order chi connectivity index (χ0) is 16.1. The van der Waals surface area contributed by atoms with Gasteiger partial charge in [0.05, 0.1) is 0 Å². The number of aromatic nitrogens is 2. The van der Waals surface area contributed by atoms with Gasteiger partial charge >= 0.3 is 0 Å². The molecule has 1 heterocycles. The molecule has 0 atom stereocenters. The molecule has 1 amide bonds. The molecule has 1 aromatic heterocycles. The Kier molecular flexibility index (Phi) is 4.86. The Morgan fingerprint density at radius 2 is 2.04 bits per heavy atom. The van der Waals surface area contributed by atoms with Crippen LogP contribution in [-0.2, 0) is 6.54 Å². The third-order valence-electron chi connectivity index (χ3n) is 4.14. The van der Waals surface area contributed by atoms with Crippen LogP contribution < -0.4 is 10.6 Å². The summed E-state index contributed by atoms with van der Waals surface area (Å²) in [5.74, 6) is 0.552. The molecule has 5 nitrogen and oxygen atoms in total. The molecule has 120 valence electrons. The Balaban J connectivity index is 1.60. The number of carbonyl (C=O) groups excluding carboxylic acids is 1. The highest BCUT2D eigenvalue weighted by molar-refractivity contribution is 5.92. The lowest BCUT2D eigenvalue weighted by molar-refractivity contribution is 0.0945. The van der Waals surface area contributed by atoms with Crippen LogP contribution in [0.4, 0.5) is 5.82 Å². The largest absolute Gasteiger partial charge is 0.367 e.